The smallest absolute Gasteiger partial charge is 0.230 e. The molecule has 7 nitrogen and oxygen atoms in total. The highest BCUT2D eigenvalue weighted by Crippen LogP contribution is 2.20. The highest BCUT2D eigenvalue weighted by atomic mass is 32.2. The van der Waals surface area contributed by atoms with Crippen LogP contribution in [0.2, 0.25) is 0 Å². The number of pyridine rings is 1. The molecule has 21 heavy (non-hydrogen) atoms. The summed E-state index contributed by atoms with van der Waals surface area (Å²) in [5.74, 6) is 7.12. The van der Waals surface area contributed by atoms with Crippen LogP contribution >= 0.6 is 11.8 Å². The Morgan fingerprint density at radius 3 is 2.95 bits per heavy atom. The molecule has 0 aliphatic carbocycles. The Bertz CT molecular complexity index is 598. The average molecular weight is 306 g/mol. The lowest BCUT2D eigenvalue weighted by atomic mass is 10.2. The molecular formula is C13H18N6OS. The monoisotopic (exact) mass is 306 g/mol. The molecule has 0 aliphatic rings. The molecule has 2 heterocycles. The lowest BCUT2D eigenvalue weighted by molar-refractivity contribution is -0.118. The summed E-state index contributed by atoms with van der Waals surface area (Å²) in [6.45, 7) is 4.75. The van der Waals surface area contributed by atoms with E-state index in [1.165, 1.54) is 16.4 Å². The van der Waals surface area contributed by atoms with Crippen LogP contribution in [0.15, 0.2) is 29.7 Å². The first-order chi connectivity index (χ1) is 10.1. The van der Waals surface area contributed by atoms with Crippen molar-refractivity contribution in [3.05, 3.63) is 24.5 Å². The fourth-order valence-electron chi connectivity index (χ4n) is 1.57. The summed E-state index contributed by atoms with van der Waals surface area (Å²) < 4.78 is 1.37. The third-order valence-electron chi connectivity index (χ3n) is 2.62. The Balaban J connectivity index is 1.97. The van der Waals surface area contributed by atoms with Crippen molar-refractivity contribution in [2.45, 2.75) is 19.0 Å². The molecule has 0 bridgehead atoms. The highest BCUT2D eigenvalue weighted by molar-refractivity contribution is 7.99. The number of nitrogens with two attached hydrogens (primary N) is 1. The first-order valence-corrected chi connectivity index (χ1v) is 7.57. The van der Waals surface area contributed by atoms with Crippen LogP contribution in [0, 0.1) is 5.92 Å². The Morgan fingerprint density at radius 1 is 1.48 bits per heavy atom. The summed E-state index contributed by atoms with van der Waals surface area (Å²) in [6, 6.07) is 3.65. The van der Waals surface area contributed by atoms with Crippen LogP contribution in [-0.2, 0) is 4.79 Å². The van der Waals surface area contributed by atoms with E-state index in [9.17, 15) is 4.79 Å². The van der Waals surface area contributed by atoms with Crippen LogP contribution in [0.3, 0.4) is 0 Å². The third-order valence-corrected chi connectivity index (χ3v) is 3.57. The van der Waals surface area contributed by atoms with Gasteiger partial charge in [0, 0.05) is 24.5 Å². The third kappa shape index (κ3) is 4.19. The molecule has 0 aliphatic heterocycles. The van der Waals surface area contributed by atoms with Crippen LogP contribution in [0.5, 0.6) is 0 Å². The van der Waals surface area contributed by atoms with E-state index >= 15 is 0 Å². The number of hydrogen-bond acceptors (Lipinski definition) is 6. The first-order valence-electron chi connectivity index (χ1n) is 6.58. The van der Waals surface area contributed by atoms with Gasteiger partial charge < -0.3 is 11.2 Å². The second-order valence-electron chi connectivity index (χ2n) is 4.90. The van der Waals surface area contributed by atoms with Crippen molar-refractivity contribution in [3.63, 3.8) is 0 Å². The van der Waals surface area contributed by atoms with E-state index in [2.05, 4.69) is 20.5 Å². The minimum Gasteiger partial charge on any atom is -0.355 e. The molecule has 2 aromatic heterocycles. The summed E-state index contributed by atoms with van der Waals surface area (Å²) in [7, 11) is 0. The zero-order chi connectivity index (χ0) is 15.2. The van der Waals surface area contributed by atoms with Crippen LogP contribution in [0.25, 0.3) is 11.4 Å². The Hall–Kier alpha value is -2.09. The number of nitrogens with zero attached hydrogens (tertiary/aromatic N) is 4. The molecule has 3 N–H and O–H groups in total. The quantitative estimate of drug-likeness (QED) is 0.608. The Morgan fingerprint density at radius 2 is 2.29 bits per heavy atom. The standard InChI is InChI=1S/C13H18N6OS/c1-9(2)6-16-11(20)8-21-13-18-17-12(19(13)14)10-4-3-5-15-7-10/h3-5,7,9H,6,8,14H2,1-2H3,(H,16,20). The molecule has 0 saturated heterocycles. The number of carbonyl (C=O) groups is 1. The zero-order valence-electron chi connectivity index (χ0n) is 12.0. The summed E-state index contributed by atoms with van der Waals surface area (Å²) in [5, 5.41) is 11.4. The minimum atomic E-state index is -0.0420. The van der Waals surface area contributed by atoms with Gasteiger partial charge in [0.25, 0.3) is 0 Å². The lowest BCUT2D eigenvalue weighted by Crippen LogP contribution is -2.29. The van der Waals surface area contributed by atoms with Crippen molar-refractivity contribution >= 4 is 17.7 Å². The number of amides is 1. The fraction of sp³-hybridized carbons (Fsp3) is 0.385. The average Bonchev–Trinajstić information content (AvgIpc) is 2.85. The van der Waals surface area contributed by atoms with Gasteiger partial charge >= 0.3 is 0 Å². The van der Waals surface area contributed by atoms with Gasteiger partial charge in [-0.3, -0.25) is 9.78 Å². The summed E-state index contributed by atoms with van der Waals surface area (Å²) in [5.41, 5.74) is 0.781. The normalized spacial score (nSPS) is 10.8. The topological polar surface area (TPSA) is 98.7 Å². The number of rotatable bonds is 6. The summed E-state index contributed by atoms with van der Waals surface area (Å²) >= 11 is 1.25. The molecule has 0 aromatic carbocycles. The van der Waals surface area contributed by atoms with E-state index in [-0.39, 0.29) is 11.7 Å². The number of thioether (sulfide) groups is 1. The van der Waals surface area contributed by atoms with E-state index in [1.54, 1.807) is 18.5 Å². The highest BCUT2D eigenvalue weighted by Gasteiger charge is 2.13. The molecule has 0 radical (unpaired) electrons. The number of nitrogen functional groups attached to an aromatic ring is 1. The largest absolute Gasteiger partial charge is 0.355 e. The van der Waals surface area contributed by atoms with Gasteiger partial charge in [0.05, 0.1) is 5.75 Å². The number of aromatic nitrogens is 4. The molecule has 0 spiro atoms. The van der Waals surface area contributed by atoms with Crippen LogP contribution in [-0.4, -0.2) is 38.1 Å². The molecule has 8 heteroatoms. The van der Waals surface area contributed by atoms with Crippen molar-refractivity contribution in [1.82, 2.24) is 25.2 Å². The summed E-state index contributed by atoms with van der Waals surface area (Å²) in [4.78, 5) is 15.7. The van der Waals surface area contributed by atoms with Crippen LogP contribution in [0.1, 0.15) is 13.8 Å². The van der Waals surface area contributed by atoms with Gasteiger partial charge in [0.2, 0.25) is 11.1 Å². The number of hydrogen-bond donors (Lipinski definition) is 2. The zero-order valence-corrected chi connectivity index (χ0v) is 12.8. The van der Waals surface area contributed by atoms with Gasteiger partial charge in [-0.05, 0) is 18.1 Å². The van der Waals surface area contributed by atoms with E-state index in [0.717, 1.165) is 5.56 Å². The second-order valence-corrected chi connectivity index (χ2v) is 5.85. The van der Waals surface area contributed by atoms with Crippen LogP contribution < -0.4 is 11.2 Å². The van der Waals surface area contributed by atoms with Gasteiger partial charge in [-0.2, -0.15) is 0 Å². The van der Waals surface area contributed by atoms with Crippen molar-refractivity contribution in [2.75, 3.05) is 18.1 Å². The van der Waals surface area contributed by atoms with Crippen molar-refractivity contribution < 1.29 is 4.79 Å². The molecule has 1 amide bonds. The predicted octanol–water partition coefficient (Wildman–Crippen LogP) is 0.918. The van der Waals surface area contributed by atoms with E-state index in [4.69, 9.17) is 5.84 Å². The van der Waals surface area contributed by atoms with Gasteiger partial charge in [0.1, 0.15) is 0 Å². The second kappa shape index (κ2) is 7.07. The molecule has 0 saturated carbocycles. The van der Waals surface area contributed by atoms with Crippen molar-refractivity contribution in [3.8, 4) is 11.4 Å². The molecule has 2 rings (SSSR count). The Kier molecular flexibility index (Phi) is 5.15. The summed E-state index contributed by atoms with van der Waals surface area (Å²) in [6.07, 6.45) is 3.34. The van der Waals surface area contributed by atoms with Crippen molar-refractivity contribution in [1.29, 1.82) is 0 Å². The predicted molar refractivity (Wildman–Crippen MR) is 82.0 cm³/mol. The van der Waals surface area contributed by atoms with E-state index in [1.807, 2.05) is 19.9 Å². The molecular weight excluding hydrogens is 288 g/mol. The van der Waals surface area contributed by atoms with Gasteiger partial charge in [-0.25, -0.2) is 4.68 Å². The van der Waals surface area contributed by atoms with Gasteiger partial charge in [0.15, 0.2) is 5.82 Å². The van der Waals surface area contributed by atoms with Gasteiger partial charge in [-0.1, -0.05) is 25.6 Å². The molecule has 2 aromatic rings. The van der Waals surface area contributed by atoms with Crippen LogP contribution in [0.4, 0.5) is 0 Å². The molecule has 112 valence electrons. The van der Waals surface area contributed by atoms with E-state index < -0.39 is 0 Å². The van der Waals surface area contributed by atoms with E-state index in [0.29, 0.717) is 23.4 Å². The fourth-order valence-corrected chi connectivity index (χ4v) is 2.25. The molecule has 0 atom stereocenters. The minimum absolute atomic E-state index is 0.0420. The maximum atomic E-state index is 11.7. The molecule has 0 fully saturated rings. The SMILES string of the molecule is CC(C)CNC(=O)CSc1nnc(-c2cccnc2)n1N. The molecule has 0 unspecified atom stereocenters. The van der Waals surface area contributed by atoms with Crippen molar-refractivity contribution in [2.24, 2.45) is 5.92 Å². The lowest BCUT2D eigenvalue weighted by Gasteiger charge is -2.07. The maximum Gasteiger partial charge on any atom is 0.230 e. The number of nitrogens with one attached hydrogen (secondary N) is 1. The van der Waals surface area contributed by atoms with Gasteiger partial charge in [-0.15, -0.1) is 10.2 Å². The first kappa shape index (κ1) is 15.3. The Labute approximate surface area is 127 Å². The maximum absolute atomic E-state index is 11.7. The number of carbonyl (C=O) groups excluding carboxylic acids is 1.